The first-order valence-electron chi connectivity index (χ1n) is 6.03. The Hall–Kier alpha value is -0.0800. The smallest absolute Gasteiger partial charge is 0.0164 e. The molecule has 0 aromatic carbocycles. The summed E-state index contributed by atoms with van der Waals surface area (Å²) in [5, 5.41) is 7.00. The Balaban J connectivity index is 3.38. The van der Waals surface area contributed by atoms with Gasteiger partial charge in [0.2, 0.25) is 0 Å². The van der Waals surface area contributed by atoms with Gasteiger partial charge in [0.05, 0.1) is 0 Å². The van der Waals surface area contributed by atoms with Crippen LogP contribution in [0, 0.1) is 5.92 Å². The highest BCUT2D eigenvalue weighted by Crippen LogP contribution is 2.02. The van der Waals surface area contributed by atoms with Gasteiger partial charge >= 0.3 is 0 Å². The van der Waals surface area contributed by atoms with Crippen molar-refractivity contribution in [3.63, 3.8) is 0 Å². The fraction of sp³-hybridized carbons (Fsp3) is 1.00. The summed E-state index contributed by atoms with van der Waals surface area (Å²) in [6.45, 7) is 13.4. The van der Waals surface area contributed by atoms with Gasteiger partial charge in [-0.15, -0.1) is 0 Å². The lowest BCUT2D eigenvalue weighted by atomic mass is 10.1. The molecule has 2 unspecified atom stereocenters. The molecule has 0 amide bonds. The van der Waals surface area contributed by atoms with E-state index in [1.54, 1.807) is 0 Å². The zero-order chi connectivity index (χ0) is 11.0. The average Bonchev–Trinajstić information content (AvgIpc) is 2.12. The molecule has 0 heterocycles. The summed E-state index contributed by atoms with van der Waals surface area (Å²) in [5.41, 5.74) is 0. The number of rotatable bonds is 8. The molecule has 0 aliphatic rings. The summed E-state index contributed by atoms with van der Waals surface area (Å²) in [4.78, 5) is 0. The lowest BCUT2D eigenvalue weighted by Gasteiger charge is -2.19. The predicted octanol–water partition coefficient (Wildman–Crippen LogP) is 2.40. The van der Waals surface area contributed by atoms with E-state index < -0.39 is 0 Å². The molecular weight excluding hydrogens is 172 g/mol. The van der Waals surface area contributed by atoms with Crippen LogP contribution in [0.2, 0.25) is 0 Å². The summed E-state index contributed by atoms with van der Waals surface area (Å²) in [5.74, 6) is 0.807. The molecule has 0 spiro atoms. The molecule has 0 aromatic rings. The van der Waals surface area contributed by atoms with E-state index in [0.717, 1.165) is 19.0 Å². The minimum absolute atomic E-state index is 0.580. The van der Waals surface area contributed by atoms with Crippen LogP contribution in [0.5, 0.6) is 0 Å². The first-order chi connectivity index (χ1) is 6.56. The van der Waals surface area contributed by atoms with Gasteiger partial charge in [0, 0.05) is 18.6 Å². The highest BCUT2D eigenvalue weighted by molar-refractivity contribution is 4.67. The Morgan fingerprint density at radius 1 is 0.929 bits per heavy atom. The molecule has 2 nitrogen and oxygen atoms in total. The molecule has 0 saturated heterocycles. The highest BCUT2D eigenvalue weighted by atomic mass is 15.0. The molecule has 0 radical (unpaired) electrons. The summed E-state index contributed by atoms with van der Waals surface area (Å²) in [6.07, 6.45) is 2.62. The van der Waals surface area contributed by atoms with E-state index in [2.05, 4.69) is 45.3 Å². The van der Waals surface area contributed by atoms with E-state index in [9.17, 15) is 0 Å². The summed E-state index contributed by atoms with van der Waals surface area (Å²) < 4.78 is 0. The predicted molar refractivity (Wildman–Crippen MR) is 64.7 cm³/mol. The van der Waals surface area contributed by atoms with Crippen LogP contribution < -0.4 is 10.6 Å². The average molecular weight is 200 g/mol. The topological polar surface area (TPSA) is 24.1 Å². The van der Waals surface area contributed by atoms with Gasteiger partial charge in [-0.3, -0.25) is 0 Å². The van der Waals surface area contributed by atoms with Crippen LogP contribution in [0.1, 0.15) is 47.5 Å². The van der Waals surface area contributed by atoms with Crippen molar-refractivity contribution in [3.05, 3.63) is 0 Å². The number of nitrogens with one attached hydrogen (secondary N) is 2. The molecule has 2 N–H and O–H groups in total. The third-order valence-electron chi connectivity index (χ3n) is 2.43. The molecule has 14 heavy (non-hydrogen) atoms. The maximum atomic E-state index is 3.56. The number of hydrogen-bond donors (Lipinski definition) is 2. The van der Waals surface area contributed by atoms with Crippen molar-refractivity contribution in [3.8, 4) is 0 Å². The zero-order valence-corrected chi connectivity index (χ0v) is 10.6. The van der Waals surface area contributed by atoms with Crippen molar-refractivity contribution in [2.45, 2.75) is 59.5 Å². The van der Waals surface area contributed by atoms with E-state index in [1.165, 1.54) is 12.8 Å². The SMILES string of the molecule is CCCC(C)CNC(C)CNC(C)C. The monoisotopic (exact) mass is 200 g/mol. The van der Waals surface area contributed by atoms with Crippen LogP contribution in [0.15, 0.2) is 0 Å². The molecule has 0 saturated carbocycles. The van der Waals surface area contributed by atoms with Gasteiger partial charge in [-0.2, -0.15) is 0 Å². The van der Waals surface area contributed by atoms with Crippen LogP contribution in [0.4, 0.5) is 0 Å². The second-order valence-corrected chi connectivity index (χ2v) is 4.77. The molecule has 2 heteroatoms. The van der Waals surface area contributed by atoms with Crippen LogP contribution in [-0.2, 0) is 0 Å². The van der Waals surface area contributed by atoms with Gasteiger partial charge in [0.15, 0.2) is 0 Å². The fourth-order valence-corrected chi connectivity index (χ4v) is 1.48. The molecule has 0 fully saturated rings. The van der Waals surface area contributed by atoms with Gasteiger partial charge in [0.25, 0.3) is 0 Å². The van der Waals surface area contributed by atoms with E-state index >= 15 is 0 Å². The second kappa shape index (κ2) is 8.25. The lowest BCUT2D eigenvalue weighted by Crippen LogP contribution is -2.40. The second-order valence-electron chi connectivity index (χ2n) is 4.77. The van der Waals surface area contributed by atoms with E-state index in [-0.39, 0.29) is 0 Å². The van der Waals surface area contributed by atoms with Crippen molar-refractivity contribution < 1.29 is 0 Å². The van der Waals surface area contributed by atoms with Crippen LogP contribution in [0.3, 0.4) is 0 Å². The van der Waals surface area contributed by atoms with Crippen molar-refractivity contribution in [2.24, 2.45) is 5.92 Å². The Bertz CT molecular complexity index is 123. The molecule has 0 aliphatic heterocycles. The third kappa shape index (κ3) is 8.52. The first kappa shape index (κ1) is 13.9. The van der Waals surface area contributed by atoms with Crippen LogP contribution in [0.25, 0.3) is 0 Å². The minimum Gasteiger partial charge on any atom is -0.313 e. The summed E-state index contributed by atoms with van der Waals surface area (Å²) in [7, 11) is 0. The minimum atomic E-state index is 0.580. The van der Waals surface area contributed by atoms with Crippen molar-refractivity contribution in [1.82, 2.24) is 10.6 Å². The Labute approximate surface area is 89.9 Å². The molecular formula is C12H28N2. The van der Waals surface area contributed by atoms with Gasteiger partial charge in [-0.05, 0) is 25.8 Å². The molecule has 0 aromatic heterocycles. The van der Waals surface area contributed by atoms with E-state index in [0.29, 0.717) is 12.1 Å². The summed E-state index contributed by atoms with van der Waals surface area (Å²) in [6, 6.07) is 1.17. The lowest BCUT2D eigenvalue weighted by molar-refractivity contribution is 0.415. The standard InChI is InChI=1S/C12H28N2/c1-6-7-11(4)8-14-12(5)9-13-10(2)3/h10-14H,6-9H2,1-5H3. The maximum Gasteiger partial charge on any atom is 0.0164 e. The first-order valence-corrected chi connectivity index (χ1v) is 6.03. The largest absolute Gasteiger partial charge is 0.313 e. The molecule has 86 valence electrons. The van der Waals surface area contributed by atoms with E-state index in [1.807, 2.05) is 0 Å². The molecule has 0 aliphatic carbocycles. The van der Waals surface area contributed by atoms with Gasteiger partial charge < -0.3 is 10.6 Å². The Kier molecular flexibility index (Phi) is 8.20. The normalized spacial score (nSPS) is 15.9. The maximum absolute atomic E-state index is 3.56. The fourth-order valence-electron chi connectivity index (χ4n) is 1.48. The summed E-state index contributed by atoms with van der Waals surface area (Å²) >= 11 is 0. The number of hydrogen-bond acceptors (Lipinski definition) is 2. The van der Waals surface area contributed by atoms with Gasteiger partial charge in [0.1, 0.15) is 0 Å². The zero-order valence-electron chi connectivity index (χ0n) is 10.6. The van der Waals surface area contributed by atoms with Crippen LogP contribution in [-0.4, -0.2) is 25.2 Å². The van der Waals surface area contributed by atoms with Crippen molar-refractivity contribution in [1.29, 1.82) is 0 Å². The van der Waals surface area contributed by atoms with Crippen molar-refractivity contribution in [2.75, 3.05) is 13.1 Å². The molecule has 0 bridgehead atoms. The Morgan fingerprint density at radius 2 is 1.57 bits per heavy atom. The quantitative estimate of drug-likeness (QED) is 0.629. The van der Waals surface area contributed by atoms with Gasteiger partial charge in [-0.1, -0.05) is 34.1 Å². The Morgan fingerprint density at radius 3 is 2.07 bits per heavy atom. The highest BCUT2D eigenvalue weighted by Gasteiger charge is 2.04. The van der Waals surface area contributed by atoms with Crippen LogP contribution >= 0.6 is 0 Å². The van der Waals surface area contributed by atoms with Gasteiger partial charge in [-0.25, -0.2) is 0 Å². The molecule has 2 atom stereocenters. The molecule has 0 rings (SSSR count). The van der Waals surface area contributed by atoms with Crippen molar-refractivity contribution >= 4 is 0 Å². The van der Waals surface area contributed by atoms with E-state index in [4.69, 9.17) is 0 Å². The third-order valence-corrected chi connectivity index (χ3v) is 2.43.